The van der Waals surface area contributed by atoms with Crippen LogP contribution in [0.3, 0.4) is 0 Å². The van der Waals surface area contributed by atoms with Crippen LogP contribution in [0.1, 0.15) is 23.5 Å². The van der Waals surface area contributed by atoms with Crippen molar-refractivity contribution >= 4 is 34.5 Å². The largest absolute Gasteiger partial charge is 0.310 e. The van der Waals surface area contributed by atoms with Crippen molar-refractivity contribution < 1.29 is 0 Å². The number of hydrogen-bond donors (Lipinski definition) is 1. The van der Waals surface area contributed by atoms with E-state index in [0.717, 1.165) is 28.6 Å². The standard InChI is InChI=1S/C13H14Cl2N2S/c1-2-16-12(8-13-17-5-6-18-13)10-7-9(14)3-4-11(10)15/h3-7,12,16H,2,8H2,1H3. The molecule has 1 heterocycles. The van der Waals surface area contributed by atoms with Crippen molar-refractivity contribution in [3.8, 4) is 0 Å². The molecule has 0 saturated heterocycles. The minimum Gasteiger partial charge on any atom is -0.310 e. The quantitative estimate of drug-likeness (QED) is 0.888. The molecule has 0 saturated carbocycles. The Morgan fingerprint density at radius 2 is 2.22 bits per heavy atom. The van der Waals surface area contributed by atoms with E-state index in [1.54, 1.807) is 17.4 Å². The number of likely N-dealkylation sites (N-methyl/N-ethyl adjacent to an activating group) is 1. The Labute approximate surface area is 121 Å². The molecule has 0 amide bonds. The van der Waals surface area contributed by atoms with E-state index in [1.165, 1.54) is 0 Å². The average molecular weight is 301 g/mol. The van der Waals surface area contributed by atoms with E-state index in [-0.39, 0.29) is 6.04 Å². The van der Waals surface area contributed by atoms with Gasteiger partial charge in [-0.2, -0.15) is 0 Å². The highest BCUT2D eigenvalue weighted by Crippen LogP contribution is 2.29. The molecule has 1 unspecified atom stereocenters. The normalized spacial score (nSPS) is 12.6. The summed E-state index contributed by atoms with van der Waals surface area (Å²) >= 11 is 13.9. The number of nitrogens with zero attached hydrogens (tertiary/aromatic N) is 1. The summed E-state index contributed by atoms with van der Waals surface area (Å²) in [6, 6.07) is 5.71. The molecular formula is C13H14Cl2N2S. The maximum absolute atomic E-state index is 6.25. The lowest BCUT2D eigenvalue weighted by molar-refractivity contribution is 0.549. The molecule has 5 heteroatoms. The third kappa shape index (κ3) is 3.45. The highest BCUT2D eigenvalue weighted by atomic mass is 35.5. The Morgan fingerprint density at radius 3 is 2.89 bits per heavy atom. The zero-order valence-corrected chi connectivity index (χ0v) is 12.3. The smallest absolute Gasteiger partial charge is 0.0943 e. The molecule has 1 aromatic heterocycles. The summed E-state index contributed by atoms with van der Waals surface area (Å²) in [6.45, 7) is 2.95. The number of hydrogen-bond acceptors (Lipinski definition) is 3. The minimum absolute atomic E-state index is 0.146. The van der Waals surface area contributed by atoms with Crippen LogP contribution in [0.25, 0.3) is 0 Å². The monoisotopic (exact) mass is 300 g/mol. The molecule has 2 aromatic rings. The van der Waals surface area contributed by atoms with Crippen molar-refractivity contribution in [1.29, 1.82) is 0 Å². The van der Waals surface area contributed by atoms with Gasteiger partial charge in [-0.05, 0) is 30.3 Å². The first-order valence-corrected chi connectivity index (χ1v) is 7.41. The molecule has 1 N–H and O–H groups in total. The van der Waals surface area contributed by atoms with Crippen molar-refractivity contribution in [3.63, 3.8) is 0 Å². The Kier molecular flexibility index (Phi) is 5.01. The predicted molar refractivity (Wildman–Crippen MR) is 78.7 cm³/mol. The topological polar surface area (TPSA) is 24.9 Å². The van der Waals surface area contributed by atoms with Gasteiger partial charge in [-0.1, -0.05) is 30.1 Å². The number of rotatable bonds is 5. The molecular weight excluding hydrogens is 287 g/mol. The Balaban J connectivity index is 2.26. The van der Waals surface area contributed by atoms with Crippen LogP contribution in [0, 0.1) is 0 Å². The van der Waals surface area contributed by atoms with E-state index >= 15 is 0 Å². The third-order valence-corrected chi connectivity index (χ3v) is 4.03. The zero-order chi connectivity index (χ0) is 13.0. The molecule has 96 valence electrons. The molecule has 0 aliphatic carbocycles. The van der Waals surface area contributed by atoms with E-state index in [4.69, 9.17) is 23.2 Å². The molecule has 1 atom stereocenters. The lowest BCUT2D eigenvalue weighted by atomic mass is 10.0. The van der Waals surface area contributed by atoms with Crippen LogP contribution in [0.15, 0.2) is 29.8 Å². The molecule has 0 fully saturated rings. The Hall–Kier alpha value is -0.610. The molecule has 0 aliphatic heterocycles. The summed E-state index contributed by atoms with van der Waals surface area (Å²) in [5.74, 6) is 0. The summed E-state index contributed by atoms with van der Waals surface area (Å²) in [5.41, 5.74) is 1.03. The number of halogens is 2. The van der Waals surface area contributed by atoms with E-state index < -0.39 is 0 Å². The fourth-order valence-corrected chi connectivity index (χ4v) is 2.94. The second kappa shape index (κ2) is 6.53. The van der Waals surface area contributed by atoms with Crippen molar-refractivity contribution in [2.75, 3.05) is 6.54 Å². The van der Waals surface area contributed by atoms with Gasteiger partial charge in [-0.3, -0.25) is 0 Å². The van der Waals surface area contributed by atoms with Crippen molar-refractivity contribution in [2.45, 2.75) is 19.4 Å². The molecule has 0 spiro atoms. The van der Waals surface area contributed by atoms with Gasteiger partial charge < -0.3 is 5.32 Å². The molecule has 0 radical (unpaired) electrons. The van der Waals surface area contributed by atoms with Crippen molar-refractivity contribution in [2.24, 2.45) is 0 Å². The maximum Gasteiger partial charge on any atom is 0.0943 e. The Bertz CT molecular complexity index is 500. The van der Waals surface area contributed by atoms with Gasteiger partial charge in [0.1, 0.15) is 0 Å². The van der Waals surface area contributed by atoms with E-state index in [9.17, 15) is 0 Å². The number of benzene rings is 1. The molecule has 18 heavy (non-hydrogen) atoms. The van der Waals surface area contributed by atoms with Crippen LogP contribution >= 0.6 is 34.5 Å². The molecule has 1 aromatic carbocycles. The number of thiazole rings is 1. The minimum atomic E-state index is 0.146. The highest BCUT2D eigenvalue weighted by Gasteiger charge is 2.16. The van der Waals surface area contributed by atoms with E-state index in [0.29, 0.717) is 5.02 Å². The first-order chi connectivity index (χ1) is 8.70. The first-order valence-electron chi connectivity index (χ1n) is 5.77. The van der Waals surface area contributed by atoms with Crippen LogP contribution in [-0.2, 0) is 6.42 Å². The molecule has 2 nitrogen and oxygen atoms in total. The summed E-state index contributed by atoms with van der Waals surface area (Å²) < 4.78 is 0. The fraction of sp³-hybridized carbons (Fsp3) is 0.308. The van der Waals surface area contributed by atoms with Crippen molar-refractivity contribution in [3.05, 3.63) is 50.4 Å². The van der Waals surface area contributed by atoms with Gasteiger partial charge in [0.05, 0.1) is 5.01 Å². The second-order valence-electron chi connectivity index (χ2n) is 3.91. The van der Waals surface area contributed by atoms with Crippen LogP contribution in [0.5, 0.6) is 0 Å². The van der Waals surface area contributed by atoms with Gasteiger partial charge in [-0.15, -0.1) is 11.3 Å². The van der Waals surface area contributed by atoms with Crippen LogP contribution < -0.4 is 5.32 Å². The molecule has 0 bridgehead atoms. The Morgan fingerprint density at radius 1 is 1.39 bits per heavy atom. The second-order valence-corrected chi connectivity index (χ2v) is 5.73. The lowest BCUT2D eigenvalue weighted by Crippen LogP contribution is -2.23. The van der Waals surface area contributed by atoms with Crippen molar-refractivity contribution in [1.82, 2.24) is 10.3 Å². The fourth-order valence-electron chi connectivity index (χ4n) is 1.85. The summed E-state index contributed by atoms with van der Waals surface area (Å²) in [7, 11) is 0. The maximum atomic E-state index is 6.25. The lowest BCUT2D eigenvalue weighted by Gasteiger charge is -2.18. The zero-order valence-electron chi connectivity index (χ0n) is 9.99. The molecule has 2 rings (SSSR count). The average Bonchev–Trinajstić information content (AvgIpc) is 2.85. The van der Waals surface area contributed by atoms with Gasteiger partial charge in [0.15, 0.2) is 0 Å². The first kappa shape index (κ1) is 13.8. The van der Waals surface area contributed by atoms with Crippen LogP contribution in [-0.4, -0.2) is 11.5 Å². The summed E-state index contributed by atoms with van der Waals surface area (Å²) in [5, 5.41) is 7.95. The van der Waals surface area contributed by atoms with Gasteiger partial charge in [0.25, 0.3) is 0 Å². The SMILES string of the molecule is CCNC(Cc1nccs1)c1cc(Cl)ccc1Cl. The number of nitrogens with one attached hydrogen (secondary N) is 1. The van der Waals surface area contributed by atoms with Gasteiger partial charge in [-0.25, -0.2) is 4.98 Å². The van der Waals surface area contributed by atoms with Gasteiger partial charge in [0.2, 0.25) is 0 Å². The molecule has 0 aliphatic rings. The number of aromatic nitrogens is 1. The van der Waals surface area contributed by atoms with Crippen LogP contribution in [0.4, 0.5) is 0 Å². The summed E-state index contributed by atoms with van der Waals surface area (Å²) in [4.78, 5) is 4.32. The van der Waals surface area contributed by atoms with E-state index in [1.807, 2.05) is 23.7 Å². The third-order valence-electron chi connectivity index (χ3n) is 2.65. The van der Waals surface area contributed by atoms with E-state index in [2.05, 4.69) is 17.2 Å². The summed E-state index contributed by atoms with van der Waals surface area (Å²) in [6.07, 6.45) is 2.65. The predicted octanol–water partition coefficient (Wildman–Crippen LogP) is 4.34. The highest BCUT2D eigenvalue weighted by molar-refractivity contribution is 7.09. The van der Waals surface area contributed by atoms with Crippen LogP contribution in [0.2, 0.25) is 10.0 Å². The van der Waals surface area contributed by atoms with Gasteiger partial charge in [0, 0.05) is 34.1 Å². The van der Waals surface area contributed by atoms with Gasteiger partial charge >= 0.3 is 0 Å².